The second kappa shape index (κ2) is 8.39. The van der Waals surface area contributed by atoms with Crippen LogP contribution in [-0.2, 0) is 11.2 Å². The van der Waals surface area contributed by atoms with Crippen molar-refractivity contribution < 1.29 is 4.79 Å². The van der Waals surface area contributed by atoms with Crippen molar-refractivity contribution in [2.75, 3.05) is 17.2 Å². The van der Waals surface area contributed by atoms with Crippen LogP contribution >= 0.6 is 11.8 Å². The first-order valence-electron chi connectivity index (χ1n) is 11.5. The van der Waals surface area contributed by atoms with Crippen LogP contribution in [0.2, 0.25) is 0 Å². The standard InChI is InChI=1S/C27H23N5O2S/c1-17-8-7-13-21(18(17)2)31-25(34)20-10-4-6-12-23(20)32-26(31)28-29-27(32)35-16-24(33)30-15-14-19-9-3-5-11-22(19)30/h3-13H,14-16H2,1-2H3. The van der Waals surface area contributed by atoms with Gasteiger partial charge in [-0.15, -0.1) is 10.2 Å². The minimum atomic E-state index is -0.143. The second-order valence-electron chi connectivity index (χ2n) is 8.71. The topological polar surface area (TPSA) is 72.5 Å². The van der Waals surface area contributed by atoms with E-state index in [0.29, 0.717) is 22.9 Å². The van der Waals surface area contributed by atoms with E-state index in [1.165, 1.54) is 17.3 Å². The van der Waals surface area contributed by atoms with E-state index in [-0.39, 0.29) is 17.2 Å². The molecule has 3 heterocycles. The number of rotatable bonds is 4. The molecule has 0 unspecified atom stereocenters. The van der Waals surface area contributed by atoms with Crippen molar-refractivity contribution in [3.63, 3.8) is 0 Å². The maximum atomic E-state index is 13.6. The summed E-state index contributed by atoms with van der Waals surface area (Å²) >= 11 is 1.34. The average Bonchev–Trinajstić information content (AvgIpc) is 3.50. The Morgan fingerprint density at radius 2 is 1.71 bits per heavy atom. The summed E-state index contributed by atoms with van der Waals surface area (Å²) in [6.07, 6.45) is 0.868. The SMILES string of the molecule is Cc1cccc(-n2c(=O)c3ccccc3n3c(SCC(=O)N4CCc5ccccc54)nnc23)c1C. The van der Waals surface area contributed by atoms with Crippen molar-refractivity contribution >= 4 is 40.0 Å². The van der Waals surface area contributed by atoms with Crippen molar-refractivity contribution in [3.05, 3.63) is 93.8 Å². The number of aromatic nitrogens is 4. The van der Waals surface area contributed by atoms with Crippen LogP contribution in [0.25, 0.3) is 22.4 Å². The smallest absolute Gasteiger partial charge is 0.267 e. The van der Waals surface area contributed by atoms with Crippen LogP contribution in [0.5, 0.6) is 0 Å². The third kappa shape index (κ3) is 3.44. The minimum absolute atomic E-state index is 0.0313. The van der Waals surface area contributed by atoms with E-state index in [0.717, 1.165) is 34.4 Å². The van der Waals surface area contributed by atoms with E-state index < -0.39 is 0 Å². The minimum Gasteiger partial charge on any atom is -0.311 e. The van der Waals surface area contributed by atoms with Crippen LogP contribution in [0.1, 0.15) is 16.7 Å². The van der Waals surface area contributed by atoms with Crippen LogP contribution in [0.3, 0.4) is 0 Å². The number of amides is 1. The molecule has 0 bridgehead atoms. The second-order valence-corrected chi connectivity index (χ2v) is 9.65. The van der Waals surface area contributed by atoms with E-state index >= 15 is 0 Å². The Morgan fingerprint density at radius 3 is 2.60 bits per heavy atom. The largest absolute Gasteiger partial charge is 0.311 e. The monoisotopic (exact) mass is 481 g/mol. The highest BCUT2D eigenvalue weighted by molar-refractivity contribution is 7.99. The van der Waals surface area contributed by atoms with Crippen LogP contribution in [-0.4, -0.2) is 37.4 Å². The summed E-state index contributed by atoms with van der Waals surface area (Å²) in [6, 6.07) is 21.4. The van der Waals surface area contributed by atoms with Gasteiger partial charge in [-0.2, -0.15) is 0 Å². The summed E-state index contributed by atoms with van der Waals surface area (Å²) < 4.78 is 3.51. The van der Waals surface area contributed by atoms with Gasteiger partial charge in [-0.1, -0.05) is 54.2 Å². The third-order valence-corrected chi connectivity index (χ3v) is 7.64. The molecule has 2 aromatic heterocycles. The molecule has 0 spiro atoms. The van der Waals surface area contributed by atoms with Gasteiger partial charge in [-0.3, -0.25) is 14.0 Å². The zero-order chi connectivity index (χ0) is 24.1. The molecule has 7 nitrogen and oxygen atoms in total. The van der Waals surface area contributed by atoms with E-state index in [2.05, 4.69) is 16.3 Å². The maximum Gasteiger partial charge on any atom is 0.267 e. The molecule has 0 fully saturated rings. The van der Waals surface area contributed by atoms with Gasteiger partial charge in [0.05, 0.1) is 22.3 Å². The molecule has 8 heteroatoms. The van der Waals surface area contributed by atoms with Gasteiger partial charge in [0.25, 0.3) is 5.56 Å². The number of para-hydroxylation sites is 2. The van der Waals surface area contributed by atoms with Gasteiger partial charge >= 0.3 is 0 Å². The maximum absolute atomic E-state index is 13.6. The van der Waals surface area contributed by atoms with Crippen LogP contribution < -0.4 is 10.5 Å². The first kappa shape index (κ1) is 21.6. The van der Waals surface area contributed by atoms with E-state index in [9.17, 15) is 9.59 Å². The van der Waals surface area contributed by atoms with E-state index in [1.807, 2.05) is 83.8 Å². The normalized spacial score (nSPS) is 13.0. The molecule has 0 aliphatic carbocycles. The molecule has 1 aliphatic heterocycles. The van der Waals surface area contributed by atoms with Crippen molar-refractivity contribution in [1.29, 1.82) is 0 Å². The Bertz CT molecular complexity index is 1690. The van der Waals surface area contributed by atoms with Gasteiger partial charge in [0, 0.05) is 12.2 Å². The van der Waals surface area contributed by atoms with Crippen molar-refractivity contribution in [2.24, 2.45) is 0 Å². The molecule has 0 saturated carbocycles. The van der Waals surface area contributed by atoms with Crippen molar-refractivity contribution in [3.8, 4) is 5.69 Å². The number of carbonyl (C=O) groups excluding carboxylic acids is 1. The number of fused-ring (bicyclic) bond motifs is 4. The molecule has 6 rings (SSSR count). The lowest BCUT2D eigenvalue weighted by Crippen LogP contribution is -2.30. The fourth-order valence-electron chi connectivity index (χ4n) is 4.77. The lowest BCUT2D eigenvalue weighted by molar-refractivity contribution is -0.116. The summed E-state index contributed by atoms with van der Waals surface area (Å²) in [7, 11) is 0. The Balaban J connectivity index is 1.44. The summed E-state index contributed by atoms with van der Waals surface area (Å²) in [6.45, 7) is 4.71. The Kier molecular flexibility index (Phi) is 5.18. The number of anilines is 1. The number of carbonyl (C=O) groups is 1. The molecule has 35 heavy (non-hydrogen) atoms. The molecule has 1 aliphatic rings. The van der Waals surface area contributed by atoms with Gasteiger partial charge in [-0.05, 0) is 61.2 Å². The number of nitrogens with zero attached hydrogens (tertiary/aromatic N) is 5. The lowest BCUT2D eigenvalue weighted by atomic mass is 10.1. The van der Waals surface area contributed by atoms with Crippen LogP contribution in [0.4, 0.5) is 5.69 Å². The zero-order valence-electron chi connectivity index (χ0n) is 19.4. The first-order valence-corrected chi connectivity index (χ1v) is 12.5. The predicted molar refractivity (Wildman–Crippen MR) is 139 cm³/mol. The van der Waals surface area contributed by atoms with E-state index in [1.54, 1.807) is 4.57 Å². The molecular formula is C27H23N5O2S. The quantitative estimate of drug-likeness (QED) is 0.357. The fourth-order valence-corrected chi connectivity index (χ4v) is 5.58. The van der Waals surface area contributed by atoms with Crippen LogP contribution in [0.15, 0.2) is 76.7 Å². The van der Waals surface area contributed by atoms with Gasteiger partial charge < -0.3 is 4.90 Å². The molecule has 0 N–H and O–H groups in total. The highest BCUT2D eigenvalue weighted by atomic mass is 32.2. The highest BCUT2D eigenvalue weighted by Crippen LogP contribution is 2.29. The molecule has 0 saturated heterocycles. The van der Waals surface area contributed by atoms with Crippen molar-refractivity contribution in [2.45, 2.75) is 25.4 Å². The summed E-state index contributed by atoms with van der Waals surface area (Å²) in [5, 5.41) is 9.98. The van der Waals surface area contributed by atoms with Crippen molar-refractivity contribution in [1.82, 2.24) is 19.2 Å². The Labute approximate surface area is 206 Å². The lowest BCUT2D eigenvalue weighted by Gasteiger charge is -2.17. The third-order valence-electron chi connectivity index (χ3n) is 6.72. The number of aryl methyl sites for hydroxylation is 1. The average molecular weight is 482 g/mol. The molecule has 1 amide bonds. The number of thioether (sulfide) groups is 1. The Hall–Kier alpha value is -3.91. The molecule has 174 valence electrons. The summed E-state index contributed by atoms with van der Waals surface area (Å²) in [5.41, 5.74) is 5.63. The summed E-state index contributed by atoms with van der Waals surface area (Å²) in [4.78, 5) is 28.5. The molecule has 0 atom stereocenters. The highest BCUT2D eigenvalue weighted by Gasteiger charge is 2.25. The van der Waals surface area contributed by atoms with Gasteiger partial charge in [0.15, 0.2) is 5.16 Å². The first-order chi connectivity index (χ1) is 17.0. The number of hydrogen-bond donors (Lipinski definition) is 0. The molecule has 0 radical (unpaired) electrons. The fraction of sp³-hybridized carbons (Fsp3) is 0.185. The zero-order valence-corrected chi connectivity index (χ0v) is 20.2. The Morgan fingerprint density at radius 1 is 0.943 bits per heavy atom. The number of hydrogen-bond acceptors (Lipinski definition) is 5. The molecular weight excluding hydrogens is 458 g/mol. The van der Waals surface area contributed by atoms with Gasteiger partial charge in [-0.25, -0.2) is 4.57 Å². The predicted octanol–water partition coefficient (Wildman–Crippen LogP) is 4.33. The van der Waals surface area contributed by atoms with Crippen LogP contribution in [0, 0.1) is 13.8 Å². The van der Waals surface area contributed by atoms with Gasteiger partial charge in [0.1, 0.15) is 0 Å². The molecule has 3 aromatic carbocycles. The van der Waals surface area contributed by atoms with Gasteiger partial charge in [0.2, 0.25) is 11.7 Å². The number of benzene rings is 3. The summed E-state index contributed by atoms with van der Waals surface area (Å²) in [5.74, 6) is 0.694. The van der Waals surface area contributed by atoms with E-state index in [4.69, 9.17) is 0 Å². The molecule has 5 aromatic rings.